The number of ether oxygens (including phenoxy) is 1. The number of aldehydes is 1. The molecular formula is C38H42Cl2N6O4. The normalized spacial score (nSPS) is 15.5. The summed E-state index contributed by atoms with van der Waals surface area (Å²) < 4.78 is 8.01. The number of halogens is 2. The first kappa shape index (κ1) is 35.3. The topological polar surface area (TPSA) is 117 Å². The van der Waals surface area contributed by atoms with E-state index in [1.165, 1.54) is 6.20 Å². The van der Waals surface area contributed by atoms with E-state index in [1.54, 1.807) is 6.07 Å². The molecule has 3 aromatic carbocycles. The Labute approximate surface area is 301 Å². The van der Waals surface area contributed by atoms with Gasteiger partial charge in [-0.05, 0) is 94.0 Å². The number of carbonyl (C=O) groups excluding carboxylic acids is 1. The maximum absolute atomic E-state index is 13.0. The van der Waals surface area contributed by atoms with Gasteiger partial charge in [0.25, 0.3) is 0 Å². The highest BCUT2D eigenvalue weighted by molar-refractivity contribution is 6.34. The number of nitrogens with zero attached hydrogens (tertiary/aromatic N) is 5. The van der Waals surface area contributed by atoms with Crippen molar-refractivity contribution in [2.24, 2.45) is 7.05 Å². The van der Waals surface area contributed by atoms with Crippen molar-refractivity contribution in [3.8, 4) is 16.9 Å². The molecule has 2 N–H and O–H groups in total. The molecule has 1 aliphatic heterocycles. The van der Waals surface area contributed by atoms with Crippen LogP contribution in [0.3, 0.4) is 0 Å². The van der Waals surface area contributed by atoms with Crippen molar-refractivity contribution in [1.82, 2.24) is 20.0 Å². The molecule has 5 aromatic rings. The molecule has 0 radical (unpaired) electrons. The van der Waals surface area contributed by atoms with Crippen LogP contribution in [0.1, 0.15) is 63.6 Å². The van der Waals surface area contributed by atoms with Gasteiger partial charge in [0.15, 0.2) is 0 Å². The minimum atomic E-state index is -1.01. The third-order valence-corrected chi connectivity index (χ3v) is 10.9. The summed E-state index contributed by atoms with van der Waals surface area (Å²) in [4.78, 5) is 29.3. The Bertz CT molecular complexity index is 2070. The fraction of sp³-hybridized carbons (Fsp3) is 0.368. The standard InChI is InChI=1S/C38H42Cl2N6O4/c1-21-15-26(16-22(2)36(21)40)50-14-7-9-27-28-10-11-31(39)35(34-23(3)43-45(6)24(34)4)37(28)46(33(27)20-47)13-8-12-44(5)25-17-29(38(48)49)30-19-41-42-32(30)18-25/h10-11,15-20,27,33H,7-9,12-14H2,1-6H3,(H,41,42)(H,48,49). The van der Waals surface area contributed by atoms with Crippen LogP contribution in [-0.4, -0.2) is 70.1 Å². The van der Waals surface area contributed by atoms with Crippen LogP contribution in [-0.2, 0) is 11.8 Å². The van der Waals surface area contributed by atoms with Crippen LogP contribution in [0.5, 0.6) is 5.75 Å². The van der Waals surface area contributed by atoms with Crippen LogP contribution >= 0.6 is 23.2 Å². The Morgan fingerprint density at radius 2 is 1.82 bits per heavy atom. The van der Waals surface area contributed by atoms with Crippen molar-refractivity contribution >= 4 is 57.7 Å². The van der Waals surface area contributed by atoms with Crippen LogP contribution in [0.2, 0.25) is 10.0 Å². The lowest BCUT2D eigenvalue weighted by Gasteiger charge is -2.29. The third kappa shape index (κ3) is 6.54. The van der Waals surface area contributed by atoms with Gasteiger partial charge in [-0.25, -0.2) is 4.79 Å². The number of rotatable bonds is 13. The SMILES string of the molecule is Cc1cc(OCCCC2c3ccc(Cl)c(-c4c(C)nn(C)c4C)c3N(CCCN(C)c3cc(C(=O)O)c4cn[nH]c4c3)C2C=O)cc(C)c1Cl. The number of hydrogen-bond donors (Lipinski definition) is 2. The number of carbonyl (C=O) groups is 2. The van der Waals surface area contributed by atoms with E-state index in [0.29, 0.717) is 42.0 Å². The highest BCUT2D eigenvalue weighted by atomic mass is 35.5. The van der Waals surface area contributed by atoms with Gasteiger partial charge in [-0.1, -0.05) is 29.3 Å². The summed E-state index contributed by atoms with van der Waals surface area (Å²) in [6, 6.07) is 11.1. The average Bonchev–Trinajstić information content (AvgIpc) is 3.74. The predicted molar refractivity (Wildman–Crippen MR) is 200 cm³/mol. The Morgan fingerprint density at radius 3 is 2.48 bits per heavy atom. The van der Waals surface area contributed by atoms with Crippen molar-refractivity contribution in [2.45, 2.75) is 58.9 Å². The van der Waals surface area contributed by atoms with E-state index in [1.807, 2.05) is 75.6 Å². The molecule has 0 saturated carbocycles. The fourth-order valence-corrected chi connectivity index (χ4v) is 7.75. The largest absolute Gasteiger partial charge is 0.494 e. The maximum Gasteiger partial charge on any atom is 0.336 e. The number of aryl methyl sites for hydroxylation is 4. The van der Waals surface area contributed by atoms with E-state index in [2.05, 4.69) is 26.3 Å². The van der Waals surface area contributed by atoms with Crippen molar-refractivity contribution in [2.75, 3.05) is 36.5 Å². The Kier molecular flexibility index (Phi) is 10.1. The highest BCUT2D eigenvalue weighted by Gasteiger charge is 2.41. The molecular weight excluding hydrogens is 675 g/mol. The van der Waals surface area contributed by atoms with Gasteiger partial charge in [0.05, 0.1) is 46.3 Å². The number of aromatic amines is 1. The first-order valence-electron chi connectivity index (χ1n) is 16.8. The van der Waals surface area contributed by atoms with Gasteiger partial charge in [0, 0.05) is 66.0 Å². The number of H-pyrrole nitrogens is 1. The molecule has 0 fully saturated rings. The molecule has 50 heavy (non-hydrogen) atoms. The molecule has 2 aromatic heterocycles. The number of carboxylic acid groups (broad SMARTS) is 1. The van der Waals surface area contributed by atoms with Crippen LogP contribution in [0, 0.1) is 27.7 Å². The summed E-state index contributed by atoms with van der Waals surface area (Å²) in [5, 5.41) is 23.4. The number of carboxylic acids is 1. The second-order valence-electron chi connectivity index (χ2n) is 13.2. The zero-order chi connectivity index (χ0) is 35.9. The van der Waals surface area contributed by atoms with Crippen molar-refractivity contribution in [1.29, 1.82) is 0 Å². The third-order valence-electron chi connectivity index (χ3n) is 9.96. The Hall–Kier alpha value is -4.54. The summed E-state index contributed by atoms with van der Waals surface area (Å²) >= 11 is 13.4. The Morgan fingerprint density at radius 1 is 1.08 bits per heavy atom. The van der Waals surface area contributed by atoms with Crippen LogP contribution in [0.4, 0.5) is 11.4 Å². The lowest BCUT2D eigenvalue weighted by molar-refractivity contribution is -0.109. The molecule has 2 atom stereocenters. The molecule has 262 valence electrons. The molecule has 0 saturated heterocycles. The van der Waals surface area contributed by atoms with Crippen LogP contribution in [0.25, 0.3) is 22.0 Å². The number of nitrogens with one attached hydrogen (secondary N) is 1. The number of hydrogen-bond acceptors (Lipinski definition) is 7. The second-order valence-corrected chi connectivity index (χ2v) is 14.0. The zero-order valence-electron chi connectivity index (χ0n) is 29.2. The molecule has 2 unspecified atom stereocenters. The zero-order valence-corrected chi connectivity index (χ0v) is 30.7. The van der Waals surface area contributed by atoms with Crippen LogP contribution < -0.4 is 14.5 Å². The molecule has 3 heterocycles. The monoisotopic (exact) mass is 716 g/mol. The molecule has 0 bridgehead atoms. The minimum absolute atomic E-state index is 0.0632. The quantitative estimate of drug-likeness (QED) is 0.0929. The smallest absolute Gasteiger partial charge is 0.336 e. The summed E-state index contributed by atoms with van der Waals surface area (Å²) in [6.45, 7) is 9.67. The van der Waals surface area contributed by atoms with Gasteiger partial charge in [-0.3, -0.25) is 9.78 Å². The summed E-state index contributed by atoms with van der Waals surface area (Å²) in [7, 11) is 3.86. The summed E-state index contributed by atoms with van der Waals surface area (Å²) in [6.07, 6.45) is 4.78. The van der Waals surface area contributed by atoms with Crippen molar-refractivity contribution < 1.29 is 19.4 Å². The fourth-order valence-electron chi connectivity index (χ4n) is 7.39. The van der Waals surface area contributed by atoms with E-state index in [0.717, 1.165) is 80.5 Å². The van der Waals surface area contributed by atoms with Gasteiger partial charge >= 0.3 is 5.97 Å². The van der Waals surface area contributed by atoms with Gasteiger partial charge in [-0.15, -0.1) is 0 Å². The lowest BCUT2D eigenvalue weighted by atomic mass is 9.89. The maximum atomic E-state index is 13.0. The molecule has 0 amide bonds. The molecule has 0 spiro atoms. The number of fused-ring (bicyclic) bond motifs is 2. The van der Waals surface area contributed by atoms with Crippen molar-refractivity contribution in [3.63, 3.8) is 0 Å². The molecule has 0 aliphatic carbocycles. The second kappa shape index (κ2) is 14.4. The summed E-state index contributed by atoms with van der Waals surface area (Å²) in [5.41, 5.74) is 9.38. The van der Waals surface area contributed by atoms with Gasteiger partial charge in [0.2, 0.25) is 0 Å². The minimum Gasteiger partial charge on any atom is -0.494 e. The Balaban J connectivity index is 1.28. The molecule has 10 nitrogen and oxygen atoms in total. The van der Waals surface area contributed by atoms with Gasteiger partial charge < -0.3 is 24.4 Å². The summed E-state index contributed by atoms with van der Waals surface area (Å²) in [5.74, 6) is -0.284. The molecule has 6 rings (SSSR count). The van der Waals surface area contributed by atoms with Gasteiger partial charge in [-0.2, -0.15) is 10.2 Å². The first-order valence-corrected chi connectivity index (χ1v) is 17.5. The van der Waals surface area contributed by atoms with E-state index < -0.39 is 12.0 Å². The van der Waals surface area contributed by atoms with E-state index in [4.69, 9.17) is 27.9 Å². The molecule has 1 aliphatic rings. The predicted octanol–water partition coefficient (Wildman–Crippen LogP) is 8.06. The van der Waals surface area contributed by atoms with Gasteiger partial charge in [0.1, 0.15) is 12.0 Å². The van der Waals surface area contributed by atoms with Crippen LogP contribution in [0.15, 0.2) is 42.6 Å². The lowest BCUT2D eigenvalue weighted by Crippen LogP contribution is -2.37. The van der Waals surface area contributed by atoms with Crippen molar-refractivity contribution in [3.05, 3.63) is 86.3 Å². The first-order chi connectivity index (χ1) is 23.9. The highest BCUT2D eigenvalue weighted by Crippen LogP contribution is 2.51. The number of aromatic carboxylic acids is 1. The van der Waals surface area contributed by atoms with E-state index in [9.17, 15) is 14.7 Å². The number of benzene rings is 3. The average molecular weight is 718 g/mol. The number of anilines is 2. The van der Waals surface area contributed by atoms with E-state index in [-0.39, 0.29) is 11.5 Å². The number of aromatic nitrogens is 4. The molecule has 12 heteroatoms. The van der Waals surface area contributed by atoms with E-state index >= 15 is 0 Å².